The van der Waals surface area contributed by atoms with E-state index in [1.165, 1.54) is 0 Å². The van der Waals surface area contributed by atoms with Crippen molar-refractivity contribution in [2.24, 2.45) is 4.99 Å². The summed E-state index contributed by atoms with van der Waals surface area (Å²) in [4.78, 5) is 6.69. The number of ether oxygens (including phenoxy) is 2. The Morgan fingerprint density at radius 3 is 3.21 bits per heavy atom. The van der Waals surface area contributed by atoms with Crippen molar-refractivity contribution in [1.82, 2.24) is 4.90 Å². The number of nitrogens with zero attached hydrogens (tertiary/aromatic N) is 2. The van der Waals surface area contributed by atoms with Gasteiger partial charge in [-0.25, -0.2) is 0 Å². The highest BCUT2D eigenvalue weighted by Gasteiger charge is 2.20. The number of hydrogen-bond donors (Lipinski definition) is 0. The minimum absolute atomic E-state index is 0.635. The standard InChI is InChI=1S/C10H16N2O2/c1-13-6-7-14-9-2-4-12-5-3-11-10(12)8-9/h8H,2-7H2,1H3. The molecule has 4 heteroatoms. The van der Waals surface area contributed by atoms with Crippen LogP contribution >= 0.6 is 0 Å². The second kappa shape index (κ2) is 4.46. The van der Waals surface area contributed by atoms with E-state index in [1.807, 2.05) is 6.08 Å². The molecule has 0 bridgehead atoms. The van der Waals surface area contributed by atoms with E-state index in [0.717, 1.165) is 37.6 Å². The topological polar surface area (TPSA) is 34.1 Å². The van der Waals surface area contributed by atoms with E-state index in [1.54, 1.807) is 7.11 Å². The number of methoxy groups -OCH3 is 1. The Bertz CT molecular complexity index is 261. The first kappa shape index (κ1) is 9.52. The summed E-state index contributed by atoms with van der Waals surface area (Å²) >= 11 is 0. The molecule has 2 rings (SSSR count). The maximum absolute atomic E-state index is 5.56. The Hall–Kier alpha value is -1.03. The minimum atomic E-state index is 0.635. The summed E-state index contributed by atoms with van der Waals surface area (Å²) in [5.41, 5.74) is 0. The molecule has 0 aromatic rings. The predicted octanol–water partition coefficient (Wildman–Crippen LogP) is 0.651. The molecule has 14 heavy (non-hydrogen) atoms. The molecule has 0 aromatic heterocycles. The fourth-order valence-corrected chi connectivity index (χ4v) is 1.69. The lowest BCUT2D eigenvalue weighted by Gasteiger charge is -2.24. The molecular formula is C10H16N2O2. The van der Waals surface area contributed by atoms with Gasteiger partial charge in [0, 0.05) is 32.7 Å². The van der Waals surface area contributed by atoms with Crippen molar-refractivity contribution in [2.45, 2.75) is 6.42 Å². The van der Waals surface area contributed by atoms with Crippen LogP contribution in [0.15, 0.2) is 16.8 Å². The van der Waals surface area contributed by atoms with Crippen molar-refractivity contribution < 1.29 is 9.47 Å². The molecule has 0 atom stereocenters. The van der Waals surface area contributed by atoms with Crippen LogP contribution in [0.3, 0.4) is 0 Å². The van der Waals surface area contributed by atoms with Gasteiger partial charge in [0.05, 0.1) is 13.2 Å². The van der Waals surface area contributed by atoms with Crippen LogP contribution in [-0.2, 0) is 9.47 Å². The summed E-state index contributed by atoms with van der Waals surface area (Å²) < 4.78 is 10.5. The highest BCUT2D eigenvalue weighted by atomic mass is 16.5. The Morgan fingerprint density at radius 1 is 1.43 bits per heavy atom. The molecule has 0 saturated heterocycles. The van der Waals surface area contributed by atoms with Gasteiger partial charge in [0.15, 0.2) is 0 Å². The number of aliphatic imine (C=N–C) groups is 1. The largest absolute Gasteiger partial charge is 0.495 e. The van der Waals surface area contributed by atoms with Crippen molar-refractivity contribution in [2.75, 3.05) is 40.0 Å². The quantitative estimate of drug-likeness (QED) is 0.619. The van der Waals surface area contributed by atoms with Crippen LogP contribution in [-0.4, -0.2) is 50.7 Å². The van der Waals surface area contributed by atoms with E-state index in [-0.39, 0.29) is 0 Å². The minimum Gasteiger partial charge on any atom is -0.495 e. The zero-order valence-corrected chi connectivity index (χ0v) is 8.53. The third kappa shape index (κ3) is 2.07. The monoisotopic (exact) mass is 196 g/mol. The smallest absolute Gasteiger partial charge is 0.126 e. The van der Waals surface area contributed by atoms with Gasteiger partial charge in [-0.2, -0.15) is 0 Å². The van der Waals surface area contributed by atoms with Crippen LogP contribution in [0.5, 0.6) is 0 Å². The lowest BCUT2D eigenvalue weighted by Crippen LogP contribution is -2.31. The van der Waals surface area contributed by atoms with Crippen LogP contribution in [0.4, 0.5) is 0 Å². The van der Waals surface area contributed by atoms with Gasteiger partial charge in [0.2, 0.25) is 0 Å². The average Bonchev–Trinajstić information content (AvgIpc) is 2.65. The first-order valence-corrected chi connectivity index (χ1v) is 5.02. The van der Waals surface area contributed by atoms with E-state index in [9.17, 15) is 0 Å². The van der Waals surface area contributed by atoms with Gasteiger partial charge in [-0.05, 0) is 0 Å². The summed E-state index contributed by atoms with van der Waals surface area (Å²) in [7, 11) is 1.68. The molecule has 0 spiro atoms. The number of rotatable bonds is 4. The molecule has 0 saturated carbocycles. The molecule has 78 valence electrons. The van der Waals surface area contributed by atoms with Crippen molar-refractivity contribution >= 4 is 5.84 Å². The molecule has 0 fully saturated rings. The van der Waals surface area contributed by atoms with Gasteiger partial charge in [-0.1, -0.05) is 0 Å². The second-order valence-corrected chi connectivity index (χ2v) is 3.43. The predicted molar refractivity (Wildman–Crippen MR) is 54.4 cm³/mol. The Kier molecular flexibility index (Phi) is 3.03. The molecule has 2 aliphatic heterocycles. The summed E-state index contributed by atoms with van der Waals surface area (Å²) in [6.45, 7) is 4.31. The fourth-order valence-electron chi connectivity index (χ4n) is 1.69. The normalized spacial score (nSPS) is 20.2. The molecule has 2 aliphatic rings. The summed E-state index contributed by atoms with van der Waals surface area (Å²) in [5.74, 6) is 2.13. The molecule has 0 aliphatic carbocycles. The van der Waals surface area contributed by atoms with Gasteiger partial charge in [-0.15, -0.1) is 0 Å². The van der Waals surface area contributed by atoms with E-state index in [2.05, 4.69) is 9.89 Å². The van der Waals surface area contributed by atoms with Gasteiger partial charge in [-0.3, -0.25) is 4.99 Å². The molecule has 4 nitrogen and oxygen atoms in total. The van der Waals surface area contributed by atoms with Crippen LogP contribution in [0.2, 0.25) is 0 Å². The van der Waals surface area contributed by atoms with E-state index < -0.39 is 0 Å². The third-order valence-electron chi connectivity index (χ3n) is 2.46. The summed E-state index contributed by atoms with van der Waals surface area (Å²) in [6.07, 6.45) is 3.04. The lowest BCUT2D eigenvalue weighted by molar-refractivity contribution is 0.104. The van der Waals surface area contributed by atoms with Crippen LogP contribution in [0, 0.1) is 0 Å². The first-order valence-electron chi connectivity index (χ1n) is 5.02. The van der Waals surface area contributed by atoms with E-state index >= 15 is 0 Å². The SMILES string of the molecule is COCCOC1=CC2=NCCN2CC1. The maximum Gasteiger partial charge on any atom is 0.126 e. The second-order valence-electron chi connectivity index (χ2n) is 3.43. The number of fused-ring (bicyclic) bond motifs is 1. The zero-order valence-electron chi connectivity index (χ0n) is 8.53. The molecule has 0 unspecified atom stereocenters. The molecule has 0 aromatic carbocycles. The van der Waals surface area contributed by atoms with Crippen LogP contribution < -0.4 is 0 Å². The van der Waals surface area contributed by atoms with Crippen LogP contribution in [0.25, 0.3) is 0 Å². The molecule has 0 amide bonds. The first-order chi connectivity index (χ1) is 6.90. The zero-order chi connectivity index (χ0) is 9.80. The molecule has 0 N–H and O–H groups in total. The Labute approximate surface area is 84.2 Å². The molecule has 2 heterocycles. The Morgan fingerprint density at radius 2 is 2.36 bits per heavy atom. The van der Waals surface area contributed by atoms with Crippen LogP contribution in [0.1, 0.15) is 6.42 Å². The highest BCUT2D eigenvalue weighted by molar-refractivity contribution is 5.95. The van der Waals surface area contributed by atoms with Crippen molar-refractivity contribution in [3.8, 4) is 0 Å². The number of hydrogen-bond acceptors (Lipinski definition) is 4. The summed E-state index contributed by atoms with van der Waals surface area (Å²) in [6, 6.07) is 0. The van der Waals surface area contributed by atoms with Gasteiger partial charge >= 0.3 is 0 Å². The Balaban J connectivity index is 1.87. The van der Waals surface area contributed by atoms with Gasteiger partial charge in [0.25, 0.3) is 0 Å². The summed E-state index contributed by atoms with van der Waals surface area (Å²) in [5, 5.41) is 0. The third-order valence-corrected chi connectivity index (χ3v) is 2.46. The van der Waals surface area contributed by atoms with Crippen molar-refractivity contribution in [3.63, 3.8) is 0 Å². The van der Waals surface area contributed by atoms with E-state index in [4.69, 9.17) is 9.47 Å². The maximum atomic E-state index is 5.56. The van der Waals surface area contributed by atoms with Gasteiger partial charge in [0.1, 0.15) is 18.2 Å². The van der Waals surface area contributed by atoms with Crippen molar-refractivity contribution in [3.05, 3.63) is 11.8 Å². The molecular weight excluding hydrogens is 180 g/mol. The molecule has 0 radical (unpaired) electrons. The lowest BCUT2D eigenvalue weighted by atomic mass is 10.2. The van der Waals surface area contributed by atoms with Crippen molar-refractivity contribution in [1.29, 1.82) is 0 Å². The number of amidine groups is 1. The van der Waals surface area contributed by atoms with E-state index in [0.29, 0.717) is 13.2 Å². The average molecular weight is 196 g/mol. The fraction of sp³-hybridized carbons (Fsp3) is 0.700. The highest BCUT2D eigenvalue weighted by Crippen LogP contribution is 2.16. The van der Waals surface area contributed by atoms with Gasteiger partial charge < -0.3 is 14.4 Å².